The van der Waals surface area contributed by atoms with Gasteiger partial charge in [0.2, 0.25) is 5.43 Å². The van der Waals surface area contributed by atoms with E-state index in [1.165, 1.54) is 0 Å². The van der Waals surface area contributed by atoms with Crippen LogP contribution in [0.5, 0.6) is 5.75 Å². The summed E-state index contributed by atoms with van der Waals surface area (Å²) in [7, 11) is 0. The van der Waals surface area contributed by atoms with Gasteiger partial charge in [-0.05, 0) is 6.07 Å². The number of hydrogen-bond acceptors (Lipinski definition) is 4. The minimum atomic E-state index is -3.07. The molecule has 11 heteroatoms. The van der Waals surface area contributed by atoms with E-state index < -0.39 is 70.7 Å². The zero-order chi connectivity index (χ0) is 22.5. The number of fused-ring (bicyclic) bond motifs is 4. The van der Waals surface area contributed by atoms with Gasteiger partial charge in [-0.3, -0.25) is 14.4 Å². The Bertz CT molecular complexity index is 1150. The molecule has 1 aromatic heterocycles. The summed E-state index contributed by atoms with van der Waals surface area (Å²) in [6, 6.07) is 1.79. The molecule has 1 atom stereocenters. The predicted molar refractivity (Wildman–Crippen MR) is 99.0 cm³/mol. The maximum absolute atomic E-state index is 14.1. The molecule has 2 aliphatic heterocycles. The molecular weight excluding hydrogens is 422 g/mol. The van der Waals surface area contributed by atoms with Gasteiger partial charge in [-0.15, -0.1) is 0 Å². The van der Waals surface area contributed by atoms with Gasteiger partial charge < -0.3 is 19.9 Å². The van der Waals surface area contributed by atoms with Crippen molar-refractivity contribution in [1.82, 2.24) is 14.8 Å². The van der Waals surface area contributed by atoms with Crippen molar-refractivity contribution >= 4 is 11.8 Å². The fourth-order valence-electron chi connectivity index (χ4n) is 3.89. The molecule has 0 spiro atoms. The van der Waals surface area contributed by atoms with E-state index >= 15 is 0 Å². The monoisotopic (exact) mass is 439 g/mol. The van der Waals surface area contributed by atoms with Crippen LogP contribution in [0.2, 0.25) is 0 Å². The molecule has 2 amide bonds. The highest BCUT2D eigenvalue weighted by Gasteiger charge is 2.44. The molecule has 2 aliphatic rings. The average molecular weight is 439 g/mol. The van der Waals surface area contributed by atoms with Crippen LogP contribution >= 0.6 is 0 Å². The van der Waals surface area contributed by atoms with Crippen molar-refractivity contribution in [3.63, 3.8) is 0 Å². The molecular formula is C20H17F4N3O4. The molecule has 1 fully saturated rings. The van der Waals surface area contributed by atoms with Crippen LogP contribution in [0.15, 0.2) is 29.2 Å². The van der Waals surface area contributed by atoms with Gasteiger partial charge in [-0.25, -0.2) is 17.6 Å². The molecule has 31 heavy (non-hydrogen) atoms. The third-order valence-corrected chi connectivity index (χ3v) is 5.51. The number of pyridine rings is 1. The quantitative estimate of drug-likeness (QED) is 0.718. The second-order valence-corrected chi connectivity index (χ2v) is 7.61. The average Bonchev–Trinajstić information content (AvgIpc) is 2.84. The van der Waals surface area contributed by atoms with E-state index in [1.54, 1.807) is 0 Å². The van der Waals surface area contributed by atoms with Gasteiger partial charge in [0, 0.05) is 50.3 Å². The SMILES string of the molecule is O=C(NCc1ccc(F)cc1F)c1cn2c(c(O)c1=O)C(=O)N1CCC(F)(F)C[C@H]2C1. The summed E-state index contributed by atoms with van der Waals surface area (Å²) in [5, 5.41) is 12.6. The van der Waals surface area contributed by atoms with Gasteiger partial charge in [0.05, 0.1) is 6.04 Å². The normalized spacial score (nSPS) is 19.5. The number of aromatic hydroxyl groups is 1. The lowest BCUT2D eigenvalue weighted by Crippen LogP contribution is -2.44. The Labute approximate surface area is 172 Å². The van der Waals surface area contributed by atoms with Gasteiger partial charge >= 0.3 is 0 Å². The molecule has 0 radical (unpaired) electrons. The van der Waals surface area contributed by atoms with Crippen LogP contribution in [0.25, 0.3) is 0 Å². The molecule has 4 rings (SSSR count). The Morgan fingerprint density at radius 2 is 2.00 bits per heavy atom. The van der Waals surface area contributed by atoms with E-state index in [9.17, 15) is 37.1 Å². The van der Waals surface area contributed by atoms with Crippen LogP contribution in [-0.2, 0) is 6.54 Å². The smallest absolute Gasteiger partial charge is 0.274 e. The number of amides is 2. The summed E-state index contributed by atoms with van der Waals surface area (Å²) < 4.78 is 56.0. The number of hydrogen-bond donors (Lipinski definition) is 2. The fourth-order valence-corrected chi connectivity index (χ4v) is 3.89. The molecule has 164 valence electrons. The van der Waals surface area contributed by atoms with Crippen LogP contribution in [0.3, 0.4) is 0 Å². The molecule has 1 saturated heterocycles. The lowest BCUT2D eigenvalue weighted by Gasteiger charge is -2.34. The van der Waals surface area contributed by atoms with Crippen LogP contribution in [0.4, 0.5) is 17.6 Å². The summed E-state index contributed by atoms with van der Waals surface area (Å²) in [5.41, 5.74) is -2.23. The summed E-state index contributed by atoms with van der Waals surface area (Å²) >= 11 is 0. The minimum Gasteiger partial charge on any atom is -0.503 e. The third-order valence-electron chi connectivity index (χ3n) is 5.51. The molecule has 0 saturated carbocycles. The number of nitrogens with one attached hydrogen (secondary N) is 1. The number of halogens is 4. The zero-order valence-electron chi connectivity index (χ0n) is 16.0. The number of benzene rings is 1. The first-order valence-electron chi connectivity index (χ1n) is 9.45. The maximum atomic E-state index is 14.1. The van der Waals surface area contributed by atoms with E-state index in [4.69, 9.17) is 0 Å². The Morgan fingerprint density at radius 1 is 1.26 bits per heavy atom. The van der Waals surface area contributed by atoms with Gasteiger partial charge in [-0.2, -0.15) is 0 Å². The number of nitrogens with zero attached hydrogens (tertiary/aromatic N) is 2. The van der Waals surface area contributed by atoms with Crippen molar-refractivity contribution < 1.29 is 32.3 Å². The van der Waals surface area contributed by atoms with Crippen LogP contribution in [0.1, 0.15) is 45.3 Å². The number of carbonyl (C=O) groups is 2. The maximum Gasteiger partial charge on any atom is 0.274 e. The fraction of sp³-hybridized carbons (Fsp3) is 0.350. The summed E-state index contributed by atoms with van der Waals surface area (Å²) in [5.74, 6) is -7.56. The van der Waals surface area contributed by atoms with E-state index in [0.29, 0.717) is 6.07 Å². The van der Waals surface area contributed by atoms with Crippen molar-refractivity contribution in [2.45, 2.75) is 31.4 Å². The van der Waals surface area contributed by atoms with Gasteiger partial charge in [0.15, 0.2) is 11.4 Å². The second kappa shape index (κ2) is 7.40. The Hall–Kier alpha value is -3.37. The number of aromatic nitrogens is 1. The third kappa shape index (κ3) is 3.75. The number of carbonyl (C=O) groups excluding carboxylic acids is 2. The van der Waals surface area contributed by atoms with Crippen LogP contribution in [0, 0.1) is 11.6 Å². The van der Waals surface area contributed by atoms with Gasteiger partial charge in [-0.1, -0.05) is 6.07 Å². The van der Waals surface area contributed by atoms with Crippen LogP contribution < -0.4 is 10.7 Å². The van der Waals surface area contributed by atoms with E-state index in [1.807, 2.05) is 0 Å². The standard InChI is InChI=1S/C20H17F4N3O4/c21-11-2-1-10(14(22)5-11)7-25-18(30)13-9-27-12-6-20(23,24)3-4-26(8-12)19(31)15(27)17(29)16(13)28/h1-2,5,9,12,29H,3-4,6-8H2,(H,25,30)/t12-/m0/s1. The first-order valence-corrected chi connectivity index (χ1v) is 9.45. The predicted octanol–water partition coefficient (Wildman–Crippen LogP) is 2.19. The van der Waals surface area contributed by atoms with Crippen LogP contribution in [-0.4, -0.2) is 45.4 Å². The van der Waals surface area contributed by atoms with Gasteiger partial charge in [0.1, 0.15) is 17.2 Å². The lowest BCUT2D eigenvalue weighted by atomic mass is 10.0. The van der Waals surface area contributed by atoms with Crippen molar-refractivity contribution in [3.8, 4) is 5.75 Å². The molecule has 2 aromatic rings. The van der Waals surface area contributed by atoms with E-state index in [0.717, 1.165) is 27.8 Å². The Morgan fingerprint density at radius 3 is 2.71 bits per heavy atom. The first-order chi connectivity index (χ1) is 14.6. The van der Waals surface area contributed by atoms with E-state index in [2.05, 4.69) is 5.32 Å². The van der Waals surface area contributed by atoms with E-state index in [-0.39, 0.29) is 25.2 Å². The molecule has 2 N–H and O–H groups in total. The van der Waals surface area contributed by atoms with Crippen molar-refractivity contribution in [2.75, 3.05) is 13.1 Å². The number of alkyl halides is 2. The summed E-state index contributed by atoms with van der Waals surface area (Å²) in [4.78, 5) is 38.8. The molecule has 0 aliphatic carbocycles. The van der Waals surface area contributed by atoms with Gasteiger partial charge in [0.25, 0.3) is 17.7 Å². The highest BCUT2D eigenvalue weighted by atomic mass is 19.3. The molecule has 0 unspecified atom stereocenters. The lowest BCUT2D eigenvalue weighted by molar-refractivity contribution is -0.0202. The summed E-state index contributed by atoms with van der Waals surface area (Å²) in [6.07, 6.45) is -0.214. The molecule has 7 nitrogen and oxygen atoms in total. The molecule has 3 heterocycles. The number of rotatable bonds is 3. The topological polar surface area (TPSA) is 91.6 Å². The highest BCUT2D eigenvalue weighted by molar-refractivity contribution is 5.99. The van der Waals surface area contributed by atoms with Crippen molar-refractivity contribution in [3.05, 3.63) is 63.1 Å². The Kier molecular flexibility index (Phi) is 4.98. The zero-order valence-corrected chi connectivity index (χ0v) is 16.0. The first kappa shape index (κ1) is 20.9. The second-order valence-electron chi connectivity index (χ2n) is 7.61. The Balaban J connectivity index is 1.68. The summed E-state index contributed by atoms with van der Waals surface area (Å²) in [6.45, 7) is -0.659. The minimum absolute atomic E-state index is 0.0498. The van der Waals surface area contributed by atoms with Crippen molar-refractivity contribution in [2.24, 2.45) is 0 Å². The highest BCUT2D eigenvalue weighted by Crippen LogP contribution is 2.38. The molecule has 1 aromatic carbocycles. The largest absolute Gasteiger partial charge is 0.503 e. The van der Waals surface area contributed by atoms with Crippen molar-refractivity contribution in [1.29, 1.82) is 0 Å². The molecule has 2 bridgehead atoms.